The van der Waals surface area contributed by atoms with Crippen LogP contribution in [0.4, 0.5) is 0 Å². The van der Waals surface area contributed by atoms with Gasteiger partial charge in [0.2, 0.25) is 0 Å². The van der Waals surface area contributed by atoms with Crippen molar-refractivity contribution in [2.24, 2.45) is 0 Å². The van der Waals surface area contributed by atoms with Crippen molar-refractivity contribution in [3.05, 3.63) is 24.9 Å². The second-order valence-electron chi connectivity index (χ2n) is 2.63. The molecule has 0 bridgehead atoms. The van der Waals surface area contributed by atoms with Gasteiger partial charge in [-0.05, 0) is 0 Å². The Kier molecular flexibility index (Phi) is 5.07. The average molecular weight is 156 g/mol. The highest BCUT2D eigenvalue weighted by Gasteiger charge is 1.75. The van der Waals surface area contributed by atoms with Gasteiger partial charge < -0.3 is 14.5 Å². The van der Waals surface area contributed by atoms with Gasteiger partial charge in [0.25, 0.3) is 0 Å². The summed E-state index contributed by atoms with van der Waals surface area (Å²) < 4.78 is 5.01. The molecule has 0 aliphatic rings. The molecule has 3 heteroatoms. The summed E-state index contributed by atoms with van der Waals surface area (Å²) in [6, 6.07) is 0. The Morgan fingerprint density at radius 1 is 0.818 bits per heavy atom. The maximum Gasteiger partial charge on any atom is 0.106 e. The van der Waals surface area contributed by atoms with Crippen LogP contribution in [0, 0.1) is 0 Å². The molecule has 0 fully saturated rings. The van der Waals surface area contributed by atoms with Crippen LogP contribution in [0.15, 0.2) is 24.9 Å². The third kappa shape index (κ3) is 8.88. The van der Waals surface area contributed by atoms with Gasteiger partial charge in [-0.1, -0.05) is 0 Å². The van der Waals surface area contributed by atoms with Crippen molar-refractivity contribution < 1.29 is 4.74 Å². The van der Waals surface area contributed by atoms with Crippen LogP contribution in [0.25, 0.3) is 0 Å². The molecule has 0 aliphatic carbocycles. The third-order valence-corrected chi connectivity index (χ3v) is 0.875. The number of nitrogens with zero attached hydrogens (tertiary/aromatic N) is 2. The first kappa shape index (κ1) is 9.88. The van der Waals surface area contributed by atoms with Crippen molar-refractivity contribution in [1.29, 1.82) is 0 Å². The minimum absolute atomic E-state index is 1.62. The Bertz CT molecular complexity index is 123. The lowest BCUT2D eigenvalue weighted by molar-refractivity contribution is 0.375. The summed E-state index contributed by atoms with van der Waals surface area (Å²) in [5.41, 5.74) is 0. The van der Waals surface area contributed by atoms with Crippen LogP contribution in [0.5, 0.6) is 0 Å². The van der Waals surface area contributed by atoms with E-state index in [1.807, 2.05) is 50.4 Å². The maximum atomic E-state index is 5.01. The molecule has 11 heavy (non-hydrogen) atoms. The van der Waals surface area contributed by atoms with E-state index in [4.69, 9.17) is 4.74 Å². The zero-order chi connectivity index (χ0) is 8.69. The Labute approximate surface area is 68.5 Å². The number of hydrogen-bond acceptors (Lipinski definition) is 3. The van der Waals surface area contributed by atoms with Gasteiger partial charge in [0.05, 0.1) is 0 Å². The molecule has 0 aromatic carbocycles. The predicted octanol–water partition coefficient (Wildman–Crippen LogP) is 1.07. The first-order chi connectivity index (χ1) is 5.13. The molecule has 0 N–H and O–H groups in total. The van der Waals surface area contributed by atoms with Crippen LogP contribution >= 0.6 is 0 Å². The fourth-order valence-corrected chi connectivity index (χ4v) is 0.359. The van der Waals surface area contributed by atoms with Crippen molar-refractivity contribution >= 4 is 0 Å². The number of rotatable bonds is 4. The van der Waals surface area contributed by atoms with E-state index in [-0.39, 0.29) is 0 Å². The molecule has 0 saturated carbocycles. The molecule has 0 heterocycles. The molecule has 0 rings (SSSR count). The molecule has 3 nitrogen and oxygen atoms in total. The van der Waals surface area contributed by atoms with Gasteiger partial charge in [0.15, 0.2) is 0 Å². The summed E-state index contributed by atoms with van der Waals surface area (Å²) in [5, 5.41) is 0. The van der Waals surface area contributed by atoms with Crippen LogP contribution < -0.4 is 0 Å². The fraction of sp³-hybridized carbons (Fsp3) is 0.500. The van der Waals surface area contributed by atoms with Gasteiger partial charge in [-0.2, -0.15) is 0 Å². The molecule has 0 amide bonds. The van der Waals surface area contributed by atoms with Crippen LogP contribution in [0.2, 0.25) is 0 Å². The average Bonchev–Trinajstić information content (AvgIpc) is 1.85. The smallest absolute Gasteiger partial charge is 0.106 e. The van der Waals surface area contributed by atoms with Gasteiger partial charge in [0, 0.05) is 40.6 Å². The summed E-state index contributed by atoms with van der Waals surface area (Å²) in [7, 11) is 7.76. The summed E-state index contributed by atoms with van der Waals surface area (Å²) in [5.74, 6) is 0. The second kappa shape index (κ2) is 5.65. The highest BCUT2D eigenvalue weighted by molar-refractivity contribution is 4.76. The topological polar surface area (TPSA) is 15.7 Å². The van der Waals surface area contributed by atoms with E-state index >= 15 is 0 Å². The van der Waals surface area contributed by atoms with Crippen molar-refractivity contribution in [1.82, 2.24) is 9.80 Å². The van der Waals surface area contributed by atoms with E-state index in [1.165, 1.54) is 0 Å². The van der Waals surface area contributed by atoms with Gasteiger partial charge in [-0.25, -0.2) is 0 Å². The van der Waals surface area contributed by atoms with Crippen LogP contribution in [-0.2, 0) is 4.74 Å². The molecule has 64 valence electrons. The van der Waals surface area contributed by atoms with E-state index in [1.54, 1.807) is 12.5 Å². The molecule has 0 aromatic rings. The maximum absolute atomic E-state index is 5.01. The quantitative estimate of drug-likeness (QED) is 0.566. The minimum atomic E-state index is 1.62. The summed E-state index contributed by atoms with van der Waals surface area (Å²) in [6.07, 6.45) is 6.92. The first-order valence-electron chi connectivity index (χ1n) is 3.44. The molecule has 0 spiro atoms. The Morgan fingerprint density at radius 3 is 1.45 bits per heavy atom. The minimum Gasteiger partial charge on any atom is -0.470 e. The van der Waals surface area contributed by atoms with E-state index in [2.05, 4.69) is 0 Å². The van der Waals surface area contributed by atoms with Crippen molar-refractivity contribution in [3.8, 4) is 0 Å². The summed E-state index contributed by atoms with van der Waals surface area (Å²) >= 11 is 0. The monoisotopic (exact) mass is 156 g/mol. The number of hydrogen-bond donors (Lipinski definition) is 0. The Hall–Kier alpha value is -1.12. The zero-order valence-corrected chi connectivity index (χ0v) is 7.61. The predicted molar refractivity (Wildman–Crippen MR) is 46.7 cm³/mol. The second-order valence-corrected chi connectivity index (χ2v) is 2.63. The normalized spacial score (nSPS) is 10.9. The molecule has 0 unspecified atom stereocenters. The van der Waals surface area contributed by atoms with Gasteiger partial charge in [-0.3, -0.25) is 0 Å². The SMILES string of the molecule is CN(C)/C=C/O/C=C/N(C)C. The van der Waals surface area contributed by atoms with E-state index < -0.39 is 0 Å². The van der Waals surface area contributed by atoms with Crippen molar-refractivity contribution in [2.75, 3.05) is 28.2 Å². The zero-order valence-electron chi connectivity index (χ0n) is 7.61. The number of ether oxygens (including phenoxy) is 1. The van der Waals surface area contributed by atoms with Gasteiger partial charge in [0.1, 0.15) is 12.5 Å². The highest BCUT2D eigenvalue weighted by Crippen LogP contribution is 1.83. The van der Waals surface area contributed by atoms with E-state index in [9.17, 15) is 0 Å². The molecule has 0 aromatic heterocycles. The molecule has 0 saturated heterocycles. The highest BCUT2D eigenvalue weighted by atomic mass is 16.5. The Balaban J connectivity index is 3.41. The largest absolute Gasteiger partial charge is 0.470 e. The Morgan fingerprint density at radius 2 is 1.18 bits per heavy atom. The van der Waals surface area contributed by atoms with Crippen LogP contribution in [0.3, 0.4) is 0 Å². The molecular formula is C8H16N2O. The van der Waals surface area contributed by atoms with Crippen LogP contribution in [-0.4, -0.2) is 38.0 Å². The first-order valence-corrected chi connectivity index (χ1v) is 3.44. The fourth-order valence-electron chi connectivity index (χ4n) is 0.359. The molecule has 0 atom stereocenters. The third-order valence-electron chi connectivity index (χ3n) is 0.875. The molecule has 0 aliphatic heterocycles. The van der Waals surface area contributed by atoms with E-state index in [0.29, 0.717) is 0 Å². The van der Waals surface area contributed by atoms with Gasteiger partial charge in [-0.15, -0.1) is 0 Å². The molecular weight excluding hydrogens is 140 g/mol. The standard InChI is InChI=1S/C8H16N2O/c1-9(2)5-7-11-8-6-10(3)4/h5-8H,1-4H3/b7-5+,8-6+. The molecule has 0 radical (unpaired) electrons. The van der Waals surface area contributed by atoms with Gasteiger partial charge >= 0.3 is 0 Å². The lowest BCUT2D eigenvalue weighted by Gasteiger charge is -2.03. The van der Waals surface area contributed by atoms with Crippen LogP contribution in [0.1, 0.15) is 0 Å². The summed E-state index contributed by atoms with van der Waals surface area (Å²) in [4.78, 5) is 3.81. The summed E-state index contributed by atoms with van der Waals surface area (Å²) in [6.45, 7) is 0. The lowest BCUT2D eigenvalue weighted by atomic mass is 10.8. The lowest BCUT2D eigenvalue weighted by Crippen LogP contribution is -2.01. The van der Waals surface area contributed by atoms with E-state index in [0.717, 1.165) is 0 Å². The van der Waals surface area contributed by atoms with Crippen molar-refractivity contribution in [2.45, 2.75) is 0 Å². The van der Waals surface area contributed by atoms with Crippen molar-refractivity contribution in [3.63, 3.8) is 0 Å².